The van der Waals surface area contributed by atoms with Crippen LogP contribution in [0.3, 0.4) is 0 Å². The molecule has 2 aromatic rings. The van der Waals surface area contributed by atoms with Crippen LogP contribution in [0.2, 0.25) is 0 Å². The van der Waals surface area contributed by atoms with E-state index in [1.807, 2.05) is 5.38 Å². The third-order valence-electron chi connectivity index (χ3n) is 2.32. The Morgan fingerprint density at radius 2 is 2.06 bits per heavy atom. The van der Waals surface area contributed by atoms with Crippen molar-refractivity contribution >= 4 is 23.0 Å². The molecule has 2 aromatic heterocycles. The minimum Gasteiger partial charge on any atom is -0.371 e. The summed E-state index contributed by atoms with van der Waals surface area (Å²) in [6.45, 7) is 0.489. The number of anilines is 2. The van der Waals surface area contributed by atoms with E-state index in [9.17, 15) is 8.78 Å². The third kappa shape index (κ3) is 2.92. The highest BCUT2D eigenvalue weighted by Gasteiger charge is 2.10. The molecule has 0 fully saturated rings. The summed E-state index contributed by atoms with van der Waals surface area (Å²) >= 11 is 1.51. The smallest absolute Gasteiger partial charge is 0.168 e. The molecule has 0 amide bonds. The first-order chi connectivity index (χ1) is 8.70. The van der Waals surface area contributed by atoms with E-state index in [1.54, 1.807) is 5.51 Å². The molecule has 4 nitrogen and oxygen atoms in total. The van der Waals surface area contributed by atoms with E-state index in [-0.39, 0.29) is 11.6 Å². The lowest BCUT2D eigenvalue weighted by Gasteiger charge is -2.08. The second kappa shape index (κ2) is 5.72. The SMILES string of the molecule is CNc1nc(NCCc2cscn2)c(F)cc1F. The topological polar surface area (TPSA) is 49.8 Å². The fraction of sp³-hybridized carbons (Fsp3) is 0.273. The van der Waals surface area contributed by atoms with Crippen LogP contribution in [-0.4, -0.2) is 23.6 Å². The molecule has 0 aliphatic carbocycles. The highest BCUT2D eigenvalue weighted by Crippen LogP contribution is 2.18. The quantitative estimate of drug-likeness (QED) is 0.876. The van der Waals surface area contributed by atoms with E-state index in [1.165, 1.54) is 18.4 Å². The maximum Gasteiger partial charge on any atom is 0.168 e. The van der Waals surface area contributed by atoms with Gasteiger partial charge in [0.2, 0.25) is 0 Å². The van der Waals surface area contributed by atoms with Crippen molar-refractivity contribution in [1.82, 2.24) is 9.97 Å². The number of halogens is 2. The van der Waals surface area contributed by atoms with Crippen molar-refractivity contribution in [2.24, 2.45) is 0 Å². The summed E-state index contributed by atoms with van der Waals surface area (Å²) in [6, 6.07) is 0.810. The average molecular weight is 270 g/mol. The van der Waals surface area contributed by atoms with Gasteiger partial charge >= 0.3 is 0 Å². The van der Waals surface area contributed by atoms with Crippen LogP contribution >= 0.6 is 11.3 Å². The van der Waals surface area contributed by atoms with E-state index in [2.05, 4.69) is 20.6 Å². The van der Waals surface area contributed by atoms with Gasteiger partial charge in [-0.2, -0.15) is 0 Å². The van der Waals surface area contributed by atoms with Gasteiger partial charge in [-0.05, 0) is 0 Å². The summed E-state index contributed by atoms with van der Waals surface area (Å²) in [5, 5.41) is 7.31. The predicted octanol–water partition coefficient (Wildman–Crippen LogP) is 2.51. The van der Waals surface area contributed by atoms with Crippen LogP contribution in [0.25, 0.3) is 0 Å². The normalized spacial score (nSPS) is 10.4. The minimum atomic E-state index is -0.708. The van der Waals surface area contributed by atoms with E-state index >= 15 is 0 Å². The van der Waals surface area contributed by atoms with Crippen LogP contribution in [-0.2, 0) is 6.42 Å². The first-order valence-corrected chi connectivity index (χ1v) is 6.29. The van der Waals surface area contributed by atoms with E-state index < -0.39 is 11.6 Å². The van der Waals surface area contributed by atoms with Gasteiger partial charge in [0.15, 0.2) is 23.3 Å². The second-order valence-electron chi connectivity index (χ2n) is 3.56. The summed E-state index contributed by atoms with van der Waals surface area (Å²) < 4.78 is 26.6. The van der Waals surface area contributed by atoms with Crippen LogP contribution < -0.4 is 10.6 Å². The van der Waals surface area contributed by atoms with Gasteiger partial charge < -0.3 is 10.6 Å². The number of nitrogens with one attached hydrogen (secondary N) is 2. The Morgan fingerprint density at radius 3 is 2.72 bits per heavy atom. The van der Waals surface area contributed by atoms with Crippen LogP contribution in [0.4, 0.5) is 20.4 Å². The molecule has 0 aromatic carbocycles. The molecule has 0 aliphatic heterocycles. The van der Waals surface area contributed by atoms with Crippen molar-refractivity contribution in [3.8, 4) is 0 Å². The molecule has 2 N–H and O–H groups in total. The molecule has 0 saturated heterocycles. The zero-order valence-corrected chi connectivity index (χ0v) is 10.5. The zero-order valence-electron chi connectivity index (χ0n) is 9.70. The first-order valence-electron chi connectivity index (χ1n) is 5.35. The van der Waals surface area contributed by atoms with E-state index in [0.29, 0.717) is 13.0 Å². The fourth-order valence-electron chi connectivity index (χ4n) is 1.44. The molecule has 18 heavy (non-hydrogen) atoms. The number of rotatable bonds is 5. The maximum atomic E-state index is 13.4. The summed E-state index contributed by atoms with van der Waals surface area (Å²) in [5.41, 5.74) is 2.68. The number of pyridine rings is 1. The molecule has 0 saturated carbocycles. The van der Waals surface area contributed by atoms with E-state index in [4.69, 9.17) is 0 Å². The van der Waals surface area contributed by atoms with Crippen molar-refractivity contribution in [2.75, 3.05) is 24.2 Å². The van der Waals surface area contributed by atoms with Crippen molar-refractivity contribution in [3.63, 3.8) is 0 Å². The summed E-state index contributed by atoms with van der Waals surface area (Å²) in [6.07, 6.45) is 0.664. The van der Waals surface area contributed by atoms with E-state index in [0.717, 1.165) is 11.8 Å². The van der Waals surface area contributed by atoms with Gasteiger partial charge in [0.25, 0.3) is 0 Å². The lowest BCUT2D eigenvalue weighted by molar-refractivity contribution is 0.578. The molecule has 2 rings (SSSR count). The summed E-state index contributed by atoms with van der Waals surface area (Å²) in [4.78, 5) is 7.93. The predicted molar refractivity (Wildman–Crippen MR) is 68.0 cm³/mol. The van der Waals surface area contributed by atoms with Gasteiger partial charge in [0.05, 0.1) is 11.2 Å². The lowest BCUT2D eigenvalue weighted by Crippen LogP contribution is -2.10. The first kappa shape index (κ1) is 12.7. The lowest BCUT2D eigenvalue weighted by atomic mass is 10.3. The van der Waals surface area contributed by atoms with Crippen LogP contribution in [0, 0.1) is 11.6 Å². The van der Waals surface area contributed by atoms with Gasteiger partial charge in [-0.3, -0.25) is 0 Å². The molecule has 0 unspecified atom stereocenters. The van der Waals surface area contributed by atoms with Crippen molar-refractivity contribution < 1.29 is 8.78 Å². The molecular formula is C11H12F2N4S. The Morgan fingerprint density at radius 1 is 1.28 bits per heavy atom. The van der Waals surface area contributed by atoms with Crippen molar-refractivity contribution in [3.05, 3.63) is 34.3 Å². The summed E-state index contributed by atoms with van der Waals surface area (Å²) in [7, 11) is 1.53. The minimum absolute atomic E-state index is 0.0209. The van der Waals surface area contributed by atoms with Gasteiger partial charge in [0.1, 0.15) is 0 Å². The zero-order chi connectivity index (χ0) is 13.0. The van der Waals surface area contributed by atoms with Crippen molar-refractivity contribution in [2.45, 2.75) is 6.42 Å². The second-order valence-corrected chi connectivity index (χ2v) is 4.27. The maximum absolute atomic E-state index is 13.4. The number of hydrogen-bond donors (Lipinski definition) is 2. The Bertz CT molecular complexity index is 516. The van der Waals surface area contributed by atoms with Gasteiger partial charge in [0, 0.05) is 31.5 Å². The Balaban J connectivity index is 2.00. The molecule has 0 atom stereocenters. The largest absolute Gasteiger partial charge is 0.371 e. The number of aromatic nitrogens is 2. The number of hydrogen-bond acceptors (Lipinski definition) is 5. The fourth-order valence-corrected chi connectivity index (χ4v) is 2.03. The van der Waals surface area contributed by atoms with Crippen LogP contribution in [0.15, 0.2) is 17.0 Å². The molecular weight excluding hydrogens is 258 g/mol. The molecule has 2 heterocycles. The molecule has 0 bridgehead atoms. The molecule has 96 valence electrons. The molecule has 0 aliphatic rings. The monoisotopic (exact) mass is 270 g/mol. The Hall–Kier alpha value is -1.76. The van der Waals surface area contributed by atoms with Crippen molar-refractivity contribution in [1.29, 1.82) is 0 Å². The highest BCUT2D eigenvalue weighted by molar-refractivity contribution is 7.07. The summed E-state index contributed by atoms with van der Waals surface area (Å²) in [5.74, 6) is -1.35. The average Bonchev–Trinajstić information content (AvgIpc) is 2.85. The molecule has 0 radical (unpaired) electrons. The Labute approximate surface area is 107 Å². The highest BCUT2D eigenvalue weighted by atomic mass is 32.1. The van der Waals surface area contributed by atoms with Crippen LogP contribution in [0.5, 0.6) is 0 Å². The number of thiazole rings is 1. The third-order valence-corrected chi connectivity index (χ3v) is 2.96. The van der Waals surface area contributed by atoms with Gasteiger partial charge in [-0.25, -0.2) is 18.7 Å². The standard InChI is InChI=1S/C11H12F2N4S/c1-14-10-8(12)4-9(13)11(17-10)15-3-2-7-5-18-6-16-7/h4-6H,2-3H2,1H3,(H2,14,15,17). The molecule has 7 heteroatoms. The Kier molecular flexibility index (Phi) is 4.03. The van der Waals surface area contributed by atoms with Gasteiger partial charge in [-0.15, -0.1) is 11.3 Å². The van der Waals surface area contributed by atoms with Crippen LogP contribution in [0.1, 0.15) is 5.69 Å². The van der Waals surface area contributed by atoms with Gasteiger partial charge in [-0.1, -0.05) is 0 Å². The number of nitrogens with zero attached hydrogens (tertiary/aromatic N) is 2. The molecule has 0 spiro atoms.